The average molecular weight is 401 g/mol. The number of benzene rings is 1. The number of ether oxygens (including phenoxy) is 1. The fourth-order valence-corrected chi connectivity index (χ4v) is 4.96. The highest BCUT2D eigenvalue weighted by Gasteiger charge is 2.34. The number of piperidine rings is 1. The van der Waals surface area contributed by atoms with E-state index in [0.717, 1.165) is 36.2 Å². The maximum atomic E-state index is 5.86. The molecule has 1 saturated heterocycles. The number of nitrogens with one attached hydrogen (secondary N) is 1. The highest BCUT2D eigenvalue weighted by atomic mass is 79.9. The predicted octanol–water partition coefficient (Wildman–Crippen LogP) is 4.39. The molecule has 1 aromatic carbocycles. The zero-order valence-electron chi connectivity index (χ0n) is 14.9. The van der Waals surface area contributed by atoms with Crippen LogP contribution in [0.2, 0.25) is 0 Å². The van der Waals surface area contributed by atoms with E-state index in [9.17, 15) is 0 Å². The minimum atomic E-state index is 0.332. The topological polar surface area (TPSA) is 34.1 Å². The van der Waals surface area contributed by atoms with Crippen molar-refractivity contribution in [2.45, 2.75) is 38.5 Å². The Bertz CT molecular complexity index is 784. The van der Waals surface area contributed by atoms with E-state index in [1.54, 1.807) is 7.11 Å². The molecule has 1 aromatic heterocycles. The number of pyridine rings is 1. The molecule has 2 heterocycles. The molecule has 1 fully saturated rings. The number of methoxy groups -OCH3 is 1. The number of fused-ring (bicyclic) bond motifs is 2. The van der Waals surface area contributed by atoms with Crippen LogP contribution in [0, 0.1) is 12.8 Å². The Labute approximate surface area is 158 Å². The van der Waals surface area contributed by atoms with Gasteiger partial charge in [-0.25, -0.2) is 0 Å². The molecule has 4 rings (SSSR count). The lowest BCUT2D eigenvalue weighted by molar-refractivity contribution is 0.329. The third kappa shape index (κ3) is 3.22. The van der Waals surface area contributed by atoms with Gasteiger partial charge in [-0.1, -0.05) is 6.07 Å². The van der Waals surface area contributed by atoms with Gasteiger partial charge in [0.15, 0.2) is 0 Å². The summed E-state index contributed by atoms with van der Waals surface area (Å²) in [6.07, 6.45) is 6.44. The van der Waals surface area contributed by atoms with Gasteiger partial charge in [-0.15, -0.1) is 0 Å². The average Bonchev–Trinajstić information content (AvgIpc) is 2.78. The van der Waals surface area contributed by atoms with Crippen LogP contribution in [0.4, 0.5) is 0 Å². The summed E-state index contributed by atoms with van der Waals surface area (Å²) in [5.41, 5.74) is 6.74. The Kier molecular flexibility index (Phi) is 4.83. The lowest BCUT2D eigenvalue weighted by Crippen LogP contribution is -2.32. The molecule has 0 saturated carbocycles. The predicted molar refractivity (Wildman–Crippen MR) is 105 cm³/mol. The first-order valence-corrected chi connectivity index (χ1v) is 9.99. The molecule has 0 radical (unpaired) electrons. The van der Waals surface area contributed by atoms with Crippen LogP contribution in [-0.4, -0.2) is 25.2 Å². The first-order chi connectivity index (χ1) is 12.2. The van der Waals surface area contributed by atoms with Crippen LogP contribution >= 0.6 is 15.9 Å². The highest BCUT2D eigenvalue weighted by Crippen LogP contribution is 2.45. The standard InChI is InChI=1S/C21H25BrN2O/c1-13-9-15-3-4-16-11-17(22)12-24-21(16)20(14-5-7-23-8-6-14)19(15)18(10-13)25-2/h9-12,14,20,23H,3-8H2,1-2H3. The van der Waals surface area contributed by atoms with Gasteiger partial charge in [-0.3, -0.25) is 4.98 Å². The Morgan fingerprint density at radius 3 is 2.64 bits per heavy atom. The van der Waals surface area contributed by atoms with Gasteiger partial charge < -0.3 is 10.1 Å². The maximum absolute atomic E-state index is 5.86. The van der Waals surface area contributed by atoms with Gasteiger partial charge in [-0.05, 0) is 96.4 Å². The van der Waals surface area contributed by atoms with Gasteiger partial charge in [-0.2, -0.15) is 0 Å². The fraction of sp³-hybridized carbons (Fsp3) is 0.476. The van der Waals surface area contributed by atoms with Crippen molar-refractivity contribution in [2.24, 2.45) is 5.92 Å². The van der Waals surface area contributed by atoms with Crippen LogP contribution in [0.1, 0.15) is 46.7 Å². The molecule has 4 heteroatoms. The molecule has 25 heavy (non-hydrogen) atoms. The highest BCUT2D eigenvalue weighted by molar-refractivity contribution is 9.10. The summed E-state index contributed by atoms with van der Waals surface area (Å²) >= 11 is 3.61. The maximum Gasteiger partial charge on any atom is 0.123 e. The van der Waals surface area contributed by atoms with Crippen molar-refractivity contribution in [1.82, 2.24) is 10.3 Å². The first-order valence-electron chi connectivity index (χ1n) is 9.20. The molecule has 132 valence electrons. The molecule has 1 atom stereocenters. The van der Waals surface area contributed by atoms with E-state index < -0.39 is 0 Å². The van der Waals surface area contributed by atoms with Crippen molar-refractivity contribution in [2.75, 3.05) is 20.2 Å². The van der Waals surface area contributed by atoms with Gasteiger partial charge in [0.1, 0.15) is 5.75 Å². The van der Waals surface area contributed by atoms with E-state index in [0.29, 0.717) is 11.8 Å². The van der Waals surface area contributed by atoms with Crippen molar-refractivity contribution in [3.05, 3.63) is 56.8 Å². The quantitative estimate of drug-likeness (QED) is 0.811. The number of aryl methyl sites for hydroxylation is 3. The summed E-state index contributed by atoms with van der Waals surface area (Å²) in [4.78, 5) is 4.91. The second kappa shape index (κ2) is 7.08. The normalized spacial score (nSPS) is 20.5. The summed E-state index contributed by atoms with van der Waals surface area (Å²) in [6, 6.07) is 6.81. The number of aromatic nitrogens is 1. The summed E-state index contributed by atoms with van der Waals surface area (Å²) in [5, 5.41) is 3.51. The summed E-state index contributed by atoms with van der Waals surface area (Å²) < 4.78 is 6.93. The molecular weight excluding hydrogens is 376 g/mol. The van der Waals surface area contributed by atoms with Crippen LogP contribution in [0.3, 0.4) is 0 Å². The molecular formula is C21H25BrN2O. The van der Waals surface area contributed by atoms with E-state index >= 15 is 0 Å². The van der Waals surface area contributed by atoms with Crippen molar-refractivity contribution >= 4 is 15.9 Å². The Hall–Kier alpha value is -1.39. The Morgan fingerprint density at radius 2 is 1.88 bits per heavy atom. The van der Waals surface area contributed by atoms with Gasteiger partial charge in [0.25, 0.3) is 0 Å². The SMILES string of the molecule is COc1cc(C)cc2c1C(C1CCNCC1)c1ncc(Br)cc1CC2. The van der Waals surface area contributed by atoms with E-state index in [4.69, 9.17) is 9.72 Å². The van der Waals surface area contributed by atoms with Crippen molar-refractivity contribution in [3.8, 4) is 5.75 Å². The Balaban J connectivity index is 1.92. The van der Waals surface area contributed by atoms with Gasteiger partial charge in [0.2, 0.25) is 0 Å². The van der Waals surface area contributed by atoms with Crippen molar-refractivity contribution in [1.29, 1.82) is 0 Å². The number of hydrogen-bond acceptors (Lipinski definition) is 3. The largest absolute Gasteiger partial charge is 0.496 e. The molecule has 2 aliphatic rings. The summed E-state index contributed by atoms with van der Waals surface area (Å²) in [7, 11) is 1.80. The molecule has 3 nitrogen and oxygen atoms in total. The third-order valence-electron chi connectivity index (χ3n) is 5.68. The van der Waals surface area contributed by atoms with Gasteiger partial charge >= 0.3 is 0 Å². The molecule has 1 aliphatic carbocycles. The summed E-state index contributed by atoms with van der Waals surface area (Å²) in [5.74, 6) is 1.98. The van der Waals surface area contributed by atoms with Crippen LogP contribution in [0.15, 0.2) is 28.9 Å². The van der Waals surface area contributed by atoms with E-state index in [1.807, 2.05) is 6.20 Å². The van der Waals surface area contributed by atoms with Crippen LogP contribution < -0.4 is 10.1 Å². The lowest BCUT2D eigenvalue weighted by atomic mass is 9.76. The first kappa shape index (κ1) is 17.0. The van der Waals surface area contributed by atoms with Crippen LogP contribution in [0.25, 0.3) is 0 Å². The van der Waals surface area contributed by atoms with Crippen LogP contribution in [0.5, 0.6) is 5.75 Å². The van der Waals surface area contributed by atoms with E-state index in [1.165, 1.54) is 40.8 Å². The second-order valence-corrected chi connectivity index (χ2v) is 8.22. The number of halogens is 1. The molecule has 0 amide bonds. The molecule has 1 aliphatic heterocycles. The third-order valence-corrected chi connectivity index (χ3v) is 6.12. The molecule has 2 aromatic rings. The molecule has 0 spiro atoms. The molecule has 1 unspecified atom stereocenters. The monoisotopic (exact) mass is 400 g/mol. The molecule has 0 bridgehead atoms. The van der Waals surface area contributed by atoms with Crippen molar-refractivity contribution < 1.29 is 4.74 Å². The smallest absolute Gasteiger partial charge is 0.123 e. The van der Waals surface area contributed by atoms with Crippen molar-refractivity contribution in [3.63, 3.8) is 0 Å². The second-order valence-electron chi connectivity index (χ2n) is 7.30. The van der Waals surface area contributed by atoms with Gasteiger partial charge in [0.05, 0.1) is 12.8 Å². The Morgan fingerprint density at radius 1 is 1.12 bits per heavy atom. The summed E-state index contributed by atoms with van der Waals surface area (Å²) in [6.45, 7) is 4.35. The van der Waals surface area contributed by atoms with Crippen LogP contribution in [-0.2, 0) is 12.8 Å². The molecule has 1 N–H and O–H groups in total. The number of rotatable bonds is 2. The zero-order valence-corrected chi connectivity index (χ0v) is 16.5. The van der Waals surface area contributed by atoms with Gasteiger partial charge in [0, 0.05) is 22.2 Å². The number of nitrogens with zero attached hydrogens (tertiary/aromatic N) is 1. The van der Waals surface area contributed by atoms with E-state index in [2.05, 4.69) is 46.4 Å². The zero-order chi connectivity index (χ0) is 17.4. The minimum absolute atomic E-state index is 0.332. The minimum Gasteiger partial charge on any atom is -0.496 e. The lowest BCUT2D eigenvalue weighted by Gasteiger charge is -2.32. The number of hydrogen-bond donors (Lipinski definition) is 1. The fourth-order valence-electron chi connectivity index (χ4n) is 4.58. The van der Waals surface area contributed by atoms with E-state index in [-0.39, 0.29) is 0 Å².